The molecule has 2 N–H and O–H groups in total. The molecule has 0 aliphatic carbocycles. The number of carbonyl (C=O) groups excluding carboxylic acids is 1. The van der Waals surface area contributed by atoms with Gasteiger partial charge in [0.15, 0.2) is 0 Å². The van der Waals surface area contributed by atoms with Gasteiger partial charge in [-0.2, -0.15) is 18.7 Å². The molecule has 0 aliphatic rings. The van der Waals surface area contributed by atoms with E-state index in [1.807, 2.05) is 34.6 Å². The molecule has 0 unspecified atom stereocenters. The number of nitrogens with two attached hydrogens (primary N) is 1. The average Bonchev–Trinajstić information content (AvgIpc) is 2.20. The van der Waals surface area contributed by atoms with Crippen LogP contribution in [-0.2, 0) is 37.5 Å². The van der Waals surface area contributed by atoms with Crippen LogP contribution in [0.4, 0.5) is 0 Å². The zero-order chi connectivity index (χ0) is 11.3. The van der Waals surface area contributed by atoms with Crippen LogP contribution in [0.2, 0.25) is 0 Å². The van der Waals surface area contributed by atoms with Gasteiger partial charge in [0.1, 0.15) is 5.91 Å². The summed E-state index contributed by atoms with van der Waals surface area (Å²) in [6.45, 7) is 13.3. The average molecular weight is 288 g/mol. The summed E-state index contributed by atoms with van der Waals surface area (Å²) in [7, 11) is 0. The molecule has 0 aromatic heterocycles. The van der Waals surface area contributed by atoms with Gasteiger partial charge in [-0.15, -0.1) is 5.57 Å². The molecule has 1 radical (unpaired) electrons. The molecule has 0 saturated heterocycles. The fourth-order valence-electron chi connectivity index (χ4n) is 0.450. The van der Waals surface area contributed by atoms with Crippen molar-refractivity contribution < 1.29 is 37.5 Å². The van der Waals surface area contributed by atoms with Gasteiger partial charge >= 0.3 is 0 Å². The molecule has 1 amide bonds. The Morgan fingerprint density at radius 1 is 1.33 bits per heavy atom. The van der Waals surface area contributed by atoms with E-state index in [2.05, 4.69) is 12.7 Å². The molecule has 0 heterocycles. The minimum atomic E-state index is -0.466. The van der Waals surface area contributed by atoms with Crippen LogP contribution >= 0.6 is 0 Å². The minimum Gasteiger partial charge on any atom is -0.418 e. The summed E-state index contributed by atoms with van der Waals surface area (Å²) in [5.74, 6) is -0.466. The van der Waals surface area contributed by atoms with Crippen molar-refractivity contribution in [3.05, 3.63) is 31.7 Å². The van der Waals surface area contributed by atoms with E-state index in [1.54, 1.807) is 0 Å². The van der Waals surface area contributed by atoms with Crippen LogP contribution < -0.4 is 5.73 Å². The van der Waals surface area contributed by atoms with E-state index in [-0.39, 0.29) is 40.1 Å². The molecule has 0 saturated carbocycles. The molecule has 0 bridgehead atoms. The van der Waals surface area contributed by atoms with Crippen LogP contribution in [0.15, 0.2) is 18.2 Å². The smallest absolute Gasteiger partial charge is 0.132 e. The maximum absolute atomic E-state index is 10.4. The van der Waals surface area contributed by atoms with Crippen molar-refractivity contribution >= 4 is 5.91 Å². The first kappa shape index (κ1) is 29.4. The van der Waals surface area contributed by atoms with Gasteiger partial charge in [-0.1, -0.05) is 41.0 Å². The molecule has 15 heavy (non-hydrogen) atoms. The van der Waals surface area contributed by atoms with Gasteiger partial charge < -0.3 is 18.0 Å². The summed E-state index contributed by atoms with van der Waals surface area (Å²) in [5, 5.41) is 0. The molecule has 0 atom stereocenters. The summed E-state index contributed by atoms with van der Waals surface area (Å²) >= 11 is 0. The fourth-order valence-corrected chi connectivity index (χ4v) is 0.450. The molecule has 0 spiro atoms. The SMILES string of the molecule is C=CC(=[C-]CC)C(N)=O.CC.CC.[CH3-].[Y]. The summed E-state index contributed by atoms with van der Waals surface area (Å²) in [4.78, 5) is 10.4. The molecule has 0 aromatic carbocycles. The molecule has 0 aromatic rings. The summed E-state index contributed by atoms with van der Waals surface area (Å²) in [6, 6.07) is 0. The van der Waals surface area contributed by atoms with Gasteiger partial charge in [-0.25, -0.2) is 0 Å². The topological polar surface area (TPSA) is 43.1 Å². The number of primary amides is 1. The molecular formula is C12H25NOY-2. The van der Waals surface area contributed by atoms with Gasteiger partial charge in [0.05, 0.1) is 0 Å². The van der Waals surface area contributed by atoms with Gasteiger partial charge in [-0.3, -0.25) is 0 Å². The first-order valence-electron chi connectivity index (χ1n) is 4.75. The summed E-state index contributed by atoms with van der Waals surface area (Å²) < 4.78 is 0. The Morgan fingerprint density at radius 2 is 1.67 bits per heavy atom. The third-order valence-corrected chi connectivity index (χ3v) is 0.837. The Morgan fingerprint density at radius 3 is 1.73 bits per heavy atom. The van der Waals surface area contributed by atoms with Crippen molar-refractivity contribution in [2.45, 2.75) is 41.0 Å². The molecular weight excluding hydrogens is 263 g/mol. The van der Waals surface area contributed by atoms with Gasteiger partial charge in [0, 0.05) is 32.7 Å². The van der Waals surface area contributed by atoms with Crippen LogP contribution in [-0.4, -0.2) is 5.91 Å². The van der Waals surface area contributed by atoms with Crippen molar-refractivity contribution in [2.24, 2.45) is 5.73 Å². The Bertz CT molecular complexity index is 154. The van der Waals surface area contributed by atoms with Crippen molar-refractivity contribution in [1.82, 2.24) is 0 Å². The predicted molar refractivity (Wildman–Crippen MR) is 65.5 cm³/mol. The quantitative estimate of drug-likeness (QED) is 0.483. The number of hydrogen-bond donors (Lipinski definition) is 1. The molecule has 2 nitrogen and oxygen atoms in total. The molecule has 89 valence electrons. The van der Waals surface area contributed by atoms with E-state index in [0.717, 1.165) is 0 Å². The molecule has 0 aliphatic heterocycles. The zero-order valence-electron chi connectivity index (χ0n) is 11.1. The van der Waals surface area contributed by atoms with E-state index in [0.29, 0.717) is 12.0 Å². The van der Waals surface area contributed by atoms with Crippen LogP contribution in [0.1, 0.15) is 41.0 Å². The monoisotopic (exact) mass is 288 g/mol. The number of amides is 1. The van der Waals surface area contributed by atoms with Gasteiger partial charge in [0.2, 0.25) is 0 Å². The maximum Gasteiger partial charge on any atom is 0.132 e. The Labute approximate surface area is 121 Å². The summed E-state index contributed by atoms with van der Waals surface area (Å²) in [6.07, 6.45) is 4.85. The zero-order valence-corrected chi connectivity index (χ0v) is 13.9. The third-order valence-electron chi connectivity index (χ3n) is 0.837. The molecule has 0 rings (SSSR count). The second kappa shape index (κ2) is 29.2. The molecule has 3 heteroatoms. The second-order valence-electron chi connectivity index (χ2n) is 1.51. The first-order valence-corrected chi connectivity index (χ1v) is 4.75. The van der Waals surface area contributed by atoms with Crippen LogP contribution in [0.3, 0.4) is 0 Å². The van der Waals surface area contributed by atoms with Crippen LogP contribution in [0.25, 0.3) is 0 Å². The maximum atomic E-state index is 10.4. The Hall–Kier alpha value is 0.0539. The minimum absolute atomic E-state index is 0. The van der Waals surface area contributed by atoms with Crippen molar-refractivity contribution in [3.63, 3.8) is 0 Å². The Balaban J connectivity index is -0.0000000496. The third kappa shape index (κ3) is 24.9. The number of hydrogen-bond acceptors (Lipinski definition) is 1. The number of rotatable bonds is 3. The Kier molecular flexibility index (Phi) is 57.3. The van der Waals surface area contributed by atoms with E-state index < -0.39 is 5.91 Å². The van der Waals surface area contributed by atoms with Crippen LogP contribution in [0, 0.1) is 13.5 Å². The second-order valence-corrected chi connectivity index (χ2v) is 1.51. The van der Waals surface area contributed by atoms with E-state index in [4.69, 9.17) is 5.73 Å². The van der Waals surface area contributed by atoms with Crippen molar-refractivity contribution in [3.8, 4) is 0 Å². The largest absolute Gasteiger partial charge is 0.418 e. The van der Waals surface area contributed by atoms with Crippen molar-refractivity contribution in [2.75, 3.05) is 0 Å². The van der Waals surface area contributed by atoms with Gasteiger partial charge in [-0.05, 0) is 0 Å². The van der Waals surface area contributed by atoms with E-state index in [1.165, 1.54) is 6.08 Å². The van der Waals surface area contributed by atoms with E-state index >= 15 is 0 Å². The first-order chi connectivity index (χ1) is 6.22. The predicted octanol–water partition coefficient (Wildman–Crippen LogP) is 3.30. The fraction of sp³-hybridized carbons (Fsp3) is 0.500. The van der Waals surface area contributed by atoms with Crippen LogP contribution in [0.5, 0.6) is 0 Å². The van der Waals surface area contributed by atoms with Crippen molar-refractivity contribution in [1.29, 1.82) is 0 Å². The standard InChI is InChI=1S/C7H10NO.2C2H6.CH3.Y/c1-3-5-6(4-2)7(8)9;2*1-2;;/h4H,2-3H2,1H3,(H2,8,9);2*1-2H3;1H3;/q-1;;;-1;. The van der Waals surface area contributed by atoms with E-state index in [9.17, 15) is 4.79 Å². The van der Waals surface area contributed by atoms with Gasteiger partial charge in [0.25, 0.3) is 0 Å². The normalized spacial score (nSPS) is 7.40. The summed E-state index contributed by atoms with van der Waals surface area (Å²) in [5.41, 5.74) is 5.30. The number of allylic oxidation sites excluding steroid dienone is 1. The number of carbonyl (C=O) groups is 1. The molecule has 0 fully saturated rings.